The summed E-state index contributed by atoms with van der Waals surface area (Å²) in [6, 6.07) is 0. The van der Waals surface area contributed by atoms with Gasteiger partial charge in [0.25, 0.3) is 0 Å². The predicted molar refractivity (Wildman–Crippen MR) is 45.4 cm³/mol. The lowest BCUT2D eigenvalue weighted by Gasteiger charge is -2.07. The van der Waals surface area contributed by atoms with Crippen molar-refractivity contribution in [3.05, 3.63) is 0 Å². The number of rotatable bonds is 1. The Morgan fingerprint density at radius 2 is 1.91 bits per heavy atom. The first-order valence-electron chi connectivity index (χ1n) is 4.18. The van der Waals surface area contributed by atoms with Gasteiger partial charge in [-0.1, -0.05) is 6.92 Å². The van der Waals surface area contributed by atoms with Gasteiger partial charge in [-0.2, -0.15) is 0 Å². The molecular formula is C8H19NO2. The van der Waals surface area contributed by atoms with E-state index in [1.54, 1.807) is 6.92 Å². The van der Waals surface area contributed by atoms with Gasteiger partial charge in [-0.3, -0.25) is 0 Å². The second kappa shape index (κ2) is 6.58. The lowest BCUT2D eigenvalue weighted by atomic mass is 10.00. The zero-order chi connectivity index (χ0) is 8.69. The van der Waals surface area contributed by atoms with E-state index in [1.165, 1.54) is 0 Å². The highest BCUT2D eigenvalue weighted by Crippen LogP contribution is 2.13. The van der Waals surface area contributed by atoms with E-state index < -0.39 is 0 Å². The van der Waals surface area contributed by atoms with Crippen LogP contribution in [0.15, 0.2) is 0 Å². The first kappa shape index (κ1) is 10.9. The minimum atomic E-state index is 0.250. The molecule has 1 heterocycles. The van der Waals surface area contributed by atoms with Crippen LogP contribution in [-0.2, 0) is 0 Å². The summed E-state index contributed by atoms with van der Waals surface area (Å²) >= 11 is 0. The zero-order valence-corrected chi connectivity index (χ0v) is 7.38. The molecule has 2 atom stereocenters. The van der Waals surface area contributed by atoms with Crippen molar-refractivity contribution in [2.75, 3.05) is 26.3 Å². The molecule has 11 heavy (non-hydrogen) atoms. The van der Waals surface area contributed by atoms with Crippen molar-refractivity contribution < 1.29 is 10.2 Å². The van der Waals surface area contributed by atoms with E-state index in [-0.39, 0.29) is 6.61 Å². The molecule has 1 rings (SSSR count). The summed E-state index contributed by atoms with van der Waals surface area (Å²) in [6.07, 6.45) is 0. The molecule has 2 unspecified atom stereocenters. The van der Waals surface area contributed by atoms with Crippen LogP contribution in [0.5, 0.6) is 0 Å². The van der Waals surface area contributed by atoms with Crippen molar-refractivity contribution in [2.45, 2.75) is 13.8 Å². The predicted octanol–water partition coefficient (Wildman–Crippen LogP) is -0.167. The molecule has 0 bridgehead atoms. The van der Waals surface area contributed by atoms with Crippen LogP contribution in [0.3, 0.4) is 0 Å². The summed E-state index contributed by atoms with van der Waals surface area (Å²) in [4.78, 5) is 0. The lowest BCUT2D eigenvalue weighted by molar-refractivity contribution is 0.212. The van der Waals surface area contributed by atoms with Gasteiger partial charge in [-0.15, -0.1) is 0 Å². The summed E-state index contributed by atoms with van der Waals surface area (Å²) in [6.45, 7) is 6.51. The van der Waals surface area contributed by atoms with Crippen LogP contribution >= 0.6 is 0 Å². The van der Waals surface area contributed by atoms with E-state index in [4.69, 9.17) is 10.2 Å². The number of aliphatic hydroxyl groups excluding tert-OH is 2. The molecule has 3 heteroatoms. The fraction of sp³-hybridized carbons (Fsp3) is 1.00. The maximum Gasteiger partial charge on any atom is 0.0474 e. The van der Waals surface area contributed by atoms with Gasteiger partial charge in [0.15, 0.2) is 0 Å². The third kappa shape index (κ3) is 4.35. The maximum atomic E-state index is 8.70. The molecule has 1 aliphatic rings. The van der Waals surface area contributed by atoms with Crippen molar-refractivity contribution in [2.24, 2.45) is 11.8 Å². The molecule has 0 aliphatic carbocycles. The fourth-order valence-corrected chi connectivity index (χ4v) is 1.11. The second-order valence-electron chi connectivity index (χ2n) is 2.89. The van der Waals surface area contributed by atoms with Crippen molar-refractivity contribution in [3.8, 4) is 0 Å². The maximum absolute atomic E-state index is 8.70. The monoisotopic (exact) mass is 161 g/mol. The van der Waals surface area contributed by atoms with E-state index in [0.717, 1.165) is 13.1 Å². The highest BCUT2D eigenvalue weighted by molar-refractivity contribution is 4.76. The van der Waals surface area contributed by atoms with Crippen LogP contribution < -0.4 is 5.32 Å². The first-order valence-corrected chi connectivity index (χ1v) is 4.18. The molecule has 68 valence electrons. The van der Waals surface area contributed by atoms with Crippen LogP contribution in [-0.4, -0.2) is 36.5 Å². The average Bonchev–Trinajstić information content (AvgIpc) is 2.36. The van der Waals surface area contributed by atoms with Crippen molar-refractivity contribution in [1.29, 1.82) is 0 Å². The molecule has 0 spiro atoms. The smallest absolute Gasteiger partial charge is 0.0474 e. The van der Waals surface area contributed by atoms with E-state index in [2.05, 4.69) is 12.2 Å². The normalized spacial score (nSPS) is 29.5. The van der Waals surface area contributed by atoms with E-state index in [1.807, 2.05) is 0 Å². The highest BCUT2D eigenvalue weighted by Gasteiger charge is 2.21. The Kier molecular flexibility index (Phi) is 6.51. The zero-order valence-electron chi connectivity index (χ0n) is 7.38. The van der Waals surface area contributed by atoms with Gasteiger partial charge in [0.1, 0.15) is 0 Å². The Hall–Kier alpha value is -0.120. The lowest BCUT2D eigenvalue weighted by Crippen LogP contribution is -2.13. The Balaban J connectivity index is 0.000000292. The van der Waals surface area contributed by atoms with Crippen LogP contribution in [0.4, 0.5) is 0 Å². The Morgan fingerprint density at radius 1 is 1.36 bits per heavy atom. The van der Waals surface area contributed by atoms with Crippen LogP contribution in [0, 0.1) is 11.8 Å². The van der Waals surface area contributed by atoms with Crippen molar-refractivity contribution >= 4 is 0 Å². The summed E-state index contributed by atoms with van der Waals surface area (Å²) < 4.78 is 0. The Morgan fingerprint density at radius 3 is 2.09 bits per heavy atom. The molecule has 0 saturated carbocycles. The molecule has 0 aromatic rings. The standard InChI is InChI=1S/C6H13NO.C2H6O/c1-5-2-7-3-6(5)4-8;1-2-3/h5-8H,2-4H2,1H3;3H,2H2,1H3. The van der Waals surface area contributed by atoms with E-state index in [9.17, 15) is 0 Å². The molecule has 3 nitrogen and oxygen atoms in total. The topological polar surface area (TPSA) is 52.5 Å². The van der Waals surface area contributed by atoms with Gasteiger partial charge in [0.05, 0.1) is 0 Å². The van der Waals surface area contributed by atoms with Gasteiger partial charge in [0, 0.05) is 19.8 Å². The van der Waals surface area contributed by atoms with E-state index >= 15 is 0 Å². The number of hydrogen-bond donors (Lipinski definition) is 3. The van der Waals surface area contributed by atoms with Gasteiger partial charge in [-0.25, -0.2) is 0 Å². The second-order valence-corrected chi connectivity index (χ2v) is 2.89. The summed E-state index contributed by atoms with van der Waals surface area (Å²) in [7, 11) is 0. The van der Waals surface area contributed by atoms with Gasteiger partial charge >= 0.3 is 0 Å². The molecule has 3 N–H and O–H groups in total. The molecule has 0 radical (unpaired) electrons. The Labute approximate surface area is 68.4 Å². The minimum absolute atomic E-state index is 0.250. The van der Waals surface area contributed by atoms with Crippen LogP contribution in [0.1, 0.15) is 13.8 Å². The van der Waals surface area contributed by atoms with E-state index in [0.29, 0.717) is 18.4 Å². The number of hydrogen-bond acceptors (Lipinski definition) is 3. The molecule has 1 aliphatic heterocycles. The average molecular weight is 161 g/mol. The minimum Gasteiger partial charge on any atom is -0.397 e. The number of nitrogens with one attached hydrogen (secondary N) is 1. The first-order chi connectivity index (χ1) is 5.26. The van der Waals surface area contributed by atoms with Crippen LogP contribution in [0.2, 0.25) is 0 Å². The molecule has 0 aromatic carbocycles. The molecule has 1 fully saturated rings. The van der Waals surface area contributed by atoms with Gasteiger partial charge in [0.2, 0.25) is 0 Å². The van der Waals surface area contributed by atoms with Crippen molar-refractivity contribution in [1.82, 2.24) is 5.32 Å². The molecule has 0 aromatic heterocycles. The largest absolute Gasteiger partial charge is 0.397 e. The third-order valence-corrected chi connectivity index (χ3v) is 1.91. The van der Waals surface area contributed by atoms with Crippen molar-refractivity contribution in [3.63, 3.8) is 0 Å². The summed E-state index contributed by atoms with van der Waals surface area (Å²) in [5.41, 5.74) is 0. The number of aliphatic hydroxyl groups is 2. The summed E-state index contributed by atoms with van der Waals surface area (Å²) in [5.74, 6) is 1.18. The molecule has 1 saturated heterocycles. The van der Waals surface area contributed by atoms with Crippen LogP contribution in [0.25, 0.3) is 0 Å². The third-order valence-electron chi connectivity index (χ3n) is 1.91. The quantitative estimate of drug-likeness (QED) is 0.500. The molecular weight excluding hydrogens is 142 g/mol. The highest BCUT2D eigenvalue weighted by atomic mass is 16.3. The SMILES string of the molecule is CC1CNCC1CO.CCO. The molecule has 0 amide bonds. The summed E-state index contributed by atoms with van der Waals surface area (Å²) in [5, 5.41) is 19.5. The Bertz CT molecular complexity index is 88.2. The van der Waals surface area contributed by atoms with Gasteiger partial charge in [-0.05, 0) is 25.3 Å². The van der Waals surface area contributed by atoms with Gasteiger partial charge < -0.3 is 15.5 Å². The fourth-order valence-electron chi connectivity index (χ4n) is 1.11.